The minimum Gasteiger partial charge on any atom is -0.492 e. The van der Waals surface area contributed by atoms with Crippen LogP contribution in [0.3, 0.4) is 0 Å². The first kappa shape index (κ1) is 19.4. The maximum Gasteiger partial charge on any atom is 0.267 e. The van der Waals surface area contributed by atoms with Crippen LogP contribution in [0, 0.1) is 5.82 Å². The van der Waals surface area contributed by atoms with Gasteiger partial charge in [0.15, 0.2) is 0 Å². The van der Waals surface area contributed by atoms with Crippen LogP contribution in [0.4, 0.5) is 4.39 Å². The molecule has 0 saturated carbocycles. The van der Waals surface area contributed by atoms with E-state index in [2.05, 4.69) is 15.9 Å². The minimum atomic E-state index is -4.10. The highest BCUT2D eigenvalue weighted by molar-refractivity contribution is 9.10. The average Bonchev–Trinajstić information content (AvgIpc) is 2.55. The molecule has 0 radical (unpaired) electrons. The van der Waals surface area contributed by atoms with Gasteiger partial charge in [0.25, 0.3) is 10.0 Å². The SMILES string of the molecule is CCOc1ccc(Br)cc1S(=O)(=O)NC(=O)CCc1ccccc1F. The number of aryl methyl sites for hydroxylation is 1. The van der Waals surface area contributed by atoms with E-state index in [4.69, 9.17) is 4.74 Å². The van der Waals surface area contributed by atoms with Crippen LogP contribution in [0.5, 0.6) is 5.75 Å². The van der Waals surface area contributed by atoms with Gasteiger partial charge >= 0.3 is 0 Å². The normalized spacial score (nSPS) is 11.2. The highest BCUT2D eigenvalue weighted by Crippen LogP contribution is 2.27. The number of hydrogen-bond donors (Lipinski definition) is 1. The Bertz CT molecular complexity index is 871. The molecule has 0 unspecified atom stereocenters. The molecule has 0 spiro atoms. The quantitative estimate of drug-likeness (QED) is 0.731. The molecular weight excluding hydrogens is 413 g/mol. The predicted molar refractivity (Wildman–Crippen MR) is 95.4 cm³/mol. The first-order chi connectivity index (χ1) is 11.8. The van der Waals surface area contributed by atoms with E-state index in [0.717, 1.165) is 0 Å². The Kier molecular flexibility index (Phi) is 6.55. The van der Waals surface area contributed by atoms with E-state index in [9.17, 15) is 17.6 Å². The first-order valence-corrected chi connectivity index (χ1v) is 9.82. The maximum absolute atomic E-state index is 13.6. The van der Waals surface area contributed by atoms with E-state index in [0.29, 0.717) is 10.0 Å². The molecule has 0 aromatic heterocycles. The number of carbonyl (C=O) groups is 1. The number of halogens is 2. The number of carbonyl (C=O) groups excluding carboxylic acids is 1. The van der Waals surface area contributed by atoms with Crippen molar-refractivity contribution in [3.63, 3.8) is 0 Å². The number of rotatable bonds is 7. The fourth-order valence-corrected chi connectivity index (χ4v) is 3.87. The van der Waals surface area contributed by atoms with Crippen molar-refractivity contribution < 1.29 is 22.3 Å². The van der Waals surface area contributed by atoms with Crippen molar-refractivity contribution in [3.05, 3.63) is 58.3 Å². The van der Waals surface area contributed by atoms with Gasteiger partial charge in [0.05, 0.1) is 6.61 Å². The molecule has 8 heteroatoms. The van der Waals surface area contributed by atoms with E-state index in [-0.39, 0.29) is 30.1 Å². The molecule has 0 aliphatic heterocycles. The zero-order chi connectivity index (χ0) is 18.4. The fraction of sp³-hybridized carbons (Fsp3) is 0.235. The number of ether oxygens (including phenoxy) is 1. The van der Waals surface area contributed by atoms with Crippen molar-refractivity contribution in [2.24, 2.45) is 0 Å². The lowest BCUT2D eigenvalue weighted by atomic mass is 10.1. The summed E-state index contributed by atoms with van der Waals surface area (Å²) in [6, 6.07) is 10.6. The van der Waals surface area contributed by atoms with Crippen LogP contribution >= 0.6 is 15.9 Å². The van der Waals surface area contributed by atoms with E-state index < -0.39 is 21.7 Å². The van der Waals surface area contributed by atoms with Gasteiger partial charge in [-0.05, 0) is 43.2 Å². The summed E-state index contributed by atoms with van der Waals surface area (Å²) in [4.78, 5) is 11.9. The molecule has 2 rings (SSSR count). The topological polar surface area (TPSA) is 72.5 Å². The van der Waals surface area contributed by atoms with Crippen molar-refractivity contribution in [1.82, 2.24) is 4.72 Å². The lowest BCUT2D eigenvalue weighted by Crippen LogP contribution is -2.31. The number of sulfonamides is 1. The summed E-state index contributed by atoms with van der Waals surface area (Å²) in [6.45, 7) is 2.01. The molecule has 25 heavy (non-hydrogen) atoms. The van der Waals surface area contributed by atoms with Crippen LogP contribution in [-0.2, 0) is 21.2 Å². The smallest absolute Gasteiger partial charge is 0.267 e. The molecule has 0 atom stereocenters. The van der Waals surface area contributed by atoms with Gasteiger partial charge in [0.1, 0.15) is 16.5 Å². The molecular formula is C17H17BrFNO4S. The Labute approximate surface area is 154 Å². The Hall–Kier alpha value is -1.93. The molecule has 134 valence electrons. The zero-order valence-corrected chi connectivity index (χ0v) is 15.9. The molecule has 0 aliphatic carbocycles. The maximum atomic E-state index is 13.6. The van der Waals surface area contributed by atoms with Gasteiger partial charge in [0.2, 0.25) is 5.91 Å². The van der Waals surface area contributed by atoms with Crippen molar-refractivity contribution in [2.45, 2.75) is 24.7 Å². The van der Waals surface area contributed by atoms with Gasteiger partial charge < -0.3 is 4.74 Å². The summed E-state index contributed by atoms with van der Waals surface area (Å²) in [7, 11) is -4.10. The summed E-state index contributed by atoms with van der Waals surface area (Å²) >= 11 is 3.20. The van der Waals surface area contributed by atoms with Gasteiger partial charge in [-0.25, -0.2) is 17.5 Å². The largest absolute Gasteiger partial charge is 0.492 e. The zero-order valence-electron chi connectivity index (χ0n) is 13.5. The first-order valence-electron chi connectivity index (χ1n) is 7.55. The van der Waals surface area contributed by atoms with Gasteiger partial charge in [-0.2, -0.15) is 0 Å². The number of hydrogen-bond acceptors (Lipinski definition) is 4. The number of amides is 1. The second-order valence-corrected chi connectivity index (χ2v) is 7.71. The van der Waals surface area contributed by atoms with E-state index >= 15 is 0 Å². The van der Waals surface area contributed by atoms with Crippen LogP contribution in [0.2, 0.25) is 0 Å². The van der Waals surface area contributed by atoms with Crippen molar-refractivity contribution in [1.29, 1.82) is 0 Å². The Balaban J connectivity index is 2.12. The number of benzene rings is 2. The summed E-state index contributed by atoms with van der Waals surface area (Å²) in [6.07, 6.45) is -0.0526. The Morgan fingerprint density at radius 1 is 1.24 bits per heavy atom. The molecule has 0 bridgehead atoms. The van der Waals surface area contributed by atoms with Crippen molar-refractivity contribution in [3.8, 4) is 5.75 Å². The lowest BCUT2D eigenvalue weighted by molar-refractivity contribution is -0.119. The molecule has 2 aromatic carbocycles. The average molecular weight is 430 g/mol. The van der Waals surface area contributed by atoms with E-state index in [1.54, 1.807) is 31.2 Å². The molecule has 0 aliphatic rings. The summed E-state index contributed by atoms with van der Waals surface area (Å²) in [5, 5.41) is 0. The third-order valence-corrected chi connectivity index (χ3v) is 5.21. The van der Waals surface area contributed by atoms with Gasteiger partial charge in [0, 0.05) is 10.9 Å². The van der Waals surface area contributed by atoms with Crippen LogP contribution in [0.15, 0.2) is 51.8 Å². The highest BCUT2D eigenvalue weighted by Gasteiger charge is 2.22. The van der Waals surface area contributed by atoms with Crippen molar-refractivity contribution in [2.75, 3.05) is 6.61 Å². The second-order valence-electron chi connectivity index (χ2n) is 5.14. The minimum absolute atomic E-state index is 0.102. The molecule has 1 N–H and O–H groups in total. The van der Waals surface area contributed by atoms with Crippen LogP contribution in [0.1, 0.15) is 18.9 Å². The van der Waals surface area contributed by atoms with E-state index in [1.807, 2.05) is 4.72 Å². The van der Waals surface area contributed by atoms with Crippen LogP contribution < -0.4 is 9.46 Å². The second kappa shape index (κ2) is 8.44. The summed E-state index contributed by atoms with van der Waals surface area (Å²) < 4.78 is 46.3. The van der Waals surface area contributed by atoms with Crippen LogP contribution in [-0.4, -0.2) is 20.9 Å². The Morgan fingerprint density at radius 3 is 2.64 bits per heavy atom. The predicted octanol–water partition coefficient (Wildman–Crippen LogP) is 3.42. The summed E-state index contributed by atoms with van der Waals surface area (Å²) in [5.41, 5.74) is 0.354. The monoisotopic (exact) mass is 429 g/mol. The molecule has 1 amide bonds. The van der Waals surface area contributed by atoms with Gasteiger partial charge in [-0.3, -0.25) is 4.79 Å². The van der Waals surface area contributed by atoms with Crippen molar-refractivity contribution >= 4 is 31.9 Å². The van der Waals surface area contributed by atoms with Gasteiger partial charge in [-0.15, -0.1) is 0 Å². The highest BCUT2D eigenvalue weighted by atomic mass is 79.9. The van der Waals surface area contributed by atoms with Gasteiger partial charge in [-0.1, -0.05) is 34.1 Å². The third-order valence-electron chi connectivity index (χ3n) is 3.32. The molecule has 0 fully saturated rings. The van der Waals surface area contributed by atoms with E-state index in [1.165, 1.54) is 18.2 Å². The molecule has 0 saturated heterocycles. The molecule has 5 nitrogen and oxygen atoms in total. The molecule has 0 heterocycles. The number of nitrogens with one attached hydrogen (secondary N) is 1. The van der Waals surface area contributed by atoms with Crippen LogP contribution in [0.25, 0.3) is 0 Å². The Morgan fingerprint density at radius 2 is 1.96 bits per heavy atom. The third kappa shape index (κ3) is 5.27. The summed E-state index contributed by atoms with van der Waals surface area (Å²) in [5.74, 6) is -0.991. The molecule has 2 aromatic rings. The standard InChI is InChI=1S/C17H17BrFNO4S/c1-2-24-15-9-8-13(18)11-16(15)25(22,23)20-17(21)10-7-12-5-3-4-6-14(12)19/h3-6,8-9,11H,2,7,10H2,1H3,(H,20,21). The fourth-order valence-electron chi connectivity index (χ4n) is 2.17. The lowest BCUT2D eigenvalue weighted by Gasteiger charge is -2.12.